The monoisotopic (exact) mass is 284 g/mol. The molecule has 8 nitrogen and oxygen atoms in total. The number of hydrogen-bond donors (Lipinski definition) is 2. The lowest BCUT2D eigenvalue weighted by molar-refractivity contribution is -0.384. The second kappa shape index (κ2) is 7.41. The number of aliphatic hydroxyl groups is 1. The lowest BCUT2D eigenvalue weighted by Gasteiger charge is -2.24. The fourth-order valence-electron chi connectivity index (χ4n) is 1.84. The highest BCUT2D eigenvalue weighted by Gasteiger charge is 2.25. The van der Waals surface area contributed by atoms with Crippen molar-refractivity contribution in [3.63, 3.8) is 0 Å². The molecule has 0 unspecified atom stereocenters. The minimum absolute atomic E-state index is 0.0175. The molecular formula is C12H16N2O6. The number of para-hydroxylation sites is 1. The summed E-state index contributed by atoms with van der Waals surface area (Å²) in [6.45, 7) is 0.316. The lowest BCUT2D eigenvalue weighted by atomic mass is 10.1. The van der Waals surface area contributed by atoms with Gasteiger partial charge >= 0.3 is 5.97 Å². The molecule has 0 amide bonds. The zero-order valence-electron chi connectivity index (χ0n) is 11.0. The number of aliphatic hydroxyl groups excluding tert-OH is 1. The van der Waals surface area contributed by atoms with Crippen LogP contribution < -0.4 is 4.90 Å². The third kappa shape index (κ3) is 3.65. The fraction of sp³-hybridized carbons (Fsp3) is 0.417. The minimum Gasteiger partial charge on any atom is -0.478 e. The quantitative estimate of drug-likeness (QED) is 0.534. The number of rotatable bonds is 8. The van der Waals surface area contributed by atoms with Gasteiger partial charge in [-0.1, -0.05) is 6.07 Å². The highest BCUT2D eigenvalue weighted by Crippen LogP contribution is 2.32. The summed E-state index contributed by atoms with van der Waals surface area (Å²) < 4.78 is 4.90. The lowest BCUT2D eigenvalue weighted by Crippen LogP contribution is -2.32. The molecule has 0 radical (unpaired) electrons. The van der Waals surface area contributed by atoms with Gasteiger partial charge in [-0.2, -0.15) is 0 Å². The first-order valence-electron chi connectivity index (χ1n) is 5.88. The first-order chi connectivity index (χ1) is 9.52. The summed E-state index contributed by atoms with van der Waals surface area (Å²) >= 11 is 0. The average Bonchev–Trinajstić information content (AvgIpc) is 2.42. The first-order valence-corrected chi connectivity index (χ1v) is 5.88. The standard InChI is InChI=1S/C12H16N2O6/c1-20-8-6-13(5-7-15)11-9(12(16)17)3-2-4-10(11)14(18)19/h2-4,15H,5-8H2,1H3,(H,16,17). The van der Waals surface area contributed by atoms with E-state index in [0.717, 1.165) is 0 Å². The Morgan fingerprint density at radius 3 is 2.65 bits per heavy atom. The molecule has 20 heavy (non-hydrogen) atoms. The van der Waals surface area contributed by atoms with E-state index in [-0.39, 0.29) is 43.2 Å². The Morgan fingerprint density at radius 2 is 2.15 bits per heavy atom. The second-order valence-electron chi connectivity index (χ2n) is 3.94. The van der Waals surface area contributed by atoms with Crippen LogP contribution in [0.25, 0.3) is 0 Å². The van der Waals surface area contributed by atoms with Crippen molar-refractivity contribution < 1.29 is 24.7 Å². The van der Waals surface area contributed by atoms with Gasteiger partial charge in [0, 0.05) is 26.3 Å². The Balaban J connectivity index is 3.34. The largest absolute Gasteiger partial charge is 0.478 e. The van der Waals surface area contributed by atoms with E-state index in [9.17, 15) is 20.0 Å². The van der Waals surface area contributed by atoms with Crippen molar-refractivity contribution in [2.24, 2.45) is 0 Å². The van der Waals surface area contributed by atoms with Crippen molar-refractivity contribution in [1.29, 1.82) is 0 Å². The summed E-state index contributed by atoms with van der Waals surface area (Å²) in [7, 11) is 1.47. The fourth-order valence-corrected chi connectivity index (χ4v) is 1.84. The van der Waals surface area contributed by atoms with E-state index in [1.807, 2.05) is 0 Å². The van der Waals surface area contributed by atoms with Crippen molar-refractivity contribution in [2.75, 3.05) is 38.3 Å². The van der Waals surface area contributed by atoms with Crippen molar-refractivity contribution in [2.45, 2.75) is 0 Å². The molecule has 1 aromatic rings. The van der Waals surface area contributed by atoms with Gasteiger partial charge < -0.3 is 19.8 Å². The van der Waals surface area contributed by atoms with E-state index in [2.05, 4.69) is 0 Å². The Bertz CT molecular complexity index is 459. The highest BCUT2D eigenvalue weighted by molar-refractivity contribution is 5.97. The molecule has 0 bridgehead atoms. The maximum Gasteiger partial charge on any atom is 0.338 e. The predicted octanol–water partition coefficient (Wildman–Crippen LogP) is 0.738. The van der Waals surface area contributed by atoms with Gasteiger partial charge in [-0.25, -0.2) is 4.79 Å². The van der Waals surface area contributed by atoms with Crippen LogP contribution in [0.3, 0.4) is 0 Å². The summed E-state index contributed by atoms with van der Waals surface area (Å²) in [5, 5.41) is 29.3. The number of carboxylic acid groups (broad SMARTS) is 1. The van der Waals surface area contributed by atoms with Crippen LogP contribution in [-0.2, 0) is 4.74 Å². The number of benzene rings is 1. The Labute approximate surface area is 115 Å². The number of nitro groups is 1. The zero-order valence-corrected chi connectivity index (χ0v) is 11.0. The highest BCUT2D eigenvalue weighted by atomic mass is 16.6. The maximum absolute atomic E-state index is 11.2. The number of carboxylic acids is 1. The Morgan fingerprint density at radius 1 is 1.45 bits per heavy atom. The van der Waals surface area contributed by atoms with Gasteiger partial charge in [0.2, 0.25) is 0 Å². The van der Waals surface area contributed by atoms with Crippen LogP contribution in [0.15, 0.2) is 18.2 Å². The van der Waals surface area contributed by atoms with E-state index in [1.54, 1.807) is 0 Å². The summed E-state index contributed by atoms with van der Waals surface area (Å²) in [5.74, 6) is -1.26. The van der Waals surface area contributed by atoms with Crippen LogP contribution in [0.1, 0.15) is 10.4 Å². The SMILES string of the molecule is COCCN(CCO)c1c(C(=O)O)cccc1[N+](=O)[O-]. The molecule has 0 fully saturated rings. The third-order valence-electron chi connectivity index (χ3n) is 2.69. The van der Waals surface area contributed by atoms with Crippen LogP contribution in [0, 0.1) is 10.1 Å². The average molecular weight is 284 g/mol. The molecule has 0 saturated carbocycles. The van der Waals surface area contributed by atoms with E-state index in [4.69, 9.17) is 9.84 Å². The smallest absolute Gasteiger partial charge is 0.338 e. The van der Waals surface area contributed by atoms with Crippen LogP contribution in [0.5, 0.6) is 0 Å². The molecule has 8 heteroatoms. The van der Waals surface area contributed by atoms with Crippen LogP contribution >= 0.6 is 0 Å². The molecule has 110 valence electrons. The topological polar surface area (TPSA) is 113 Å². The molecule has 0 atom stereocenters. The van der Waals surface area contributed by atoms with Gasteiger partial charge in [0.1, 0.15) is 5.69 Å². The number of nitrogens with zero attached hydrogens (tertiary/aromatic N) is 2. The van der Waals surface area contributed by atoms with Crippen molar-refractivity contribution in [1.82, 2.24) is 0 Å². The van der Waals surface area contributed by atoms with Gasteiger partial charge in [-0.3, -0.25) is 10.1 Å². The number of methoxy groups -OCH3 is 1. The van der Waals surface area contributed by atoms with Crippen LogP contribution in [0.2, 0.25) is 0 Å². The third-order valence-corrected chi connectivity index (χ3v) is 2.69. The van der Waals surface area contributed by atoms with E-state index < -0.39 is 10.9 Å². The summed E-state index contributed by atoms with van der Waals surface area (Å²) in [4.78, 5) is 23.1. The van der Waals surface area contributed by atoms with Crippen molar-refractivity contribution >= 4 is 17.3 Å². The number of ether oxygens (including phenoxy) is 1. The van der Waals surface area contributed by atoms with Gasteiger partial charge in [0.15, 0.2) is 0 Å². The van der Waals surface area contributed by atoms with Gasteiger partial charge in [0.25, 0.3) is 5.69 Å². The summed E-state index contributed by atoms with van der Waals surface area (Å²) in [6.07, 6.45) is 0. The molecule has 1 aromatic carbocycles. The molecule has 0 heterocycles. The molecule has 0 aliphatic rings. The molecule has 0 aromatic heterocycles. The van der Waals surface area contributed by atoms with Crippen molar-refractivity contribution in [3.8, 4) is 0 Å². The number of anilines is 1. The first kappa shape index (κ1) is 15.9. The van der Waals surface area contributed by atoms with Crippen molar-refractivity contribution in [3.05, 3.63) is 33.9 Å². The molecule has 0 aliphatic heterocycles. The van der Waals surface area contributed by atoms with Gasteiger partial charge in [-0.05, 0) is 6.07 Å². The van der Waals surface area contributed by atoms with E-state index in [1.165, 1.54) is 30.2 Å². The molecule has 0 aliphatic carbocycles. The van der Waals surface area contributed by atoms with Gasteiger partial charge in [-0.15, -0.1) is 0 Å². The Hall–Kier alpha value is -2.19. The van der Waals surface area contributed by atoms with Crippen LogP contribution in [-0.4, -0.2) is 54.5 Å². The minimum atomic E-state index is -1.26. The summed E-state index contributed by atoms with van der Waals surface area (Å²) in [6, 6.07) is 3.85. The number of hydrogen-bond acceptors (Lipinski definition) is 6. The van der Waals surface area contributed by atoms with Gasteiger partial charge in [0.05, 0.1) is 23.7 Å². The molecule has 0 saturated heterocycles. The summed E-state index contributed by atoms with van der Waals surface area (Å²) in [5.41, 5.74) is -0.505. The molecule has 1 rings (SSSR count). The predicted molar refractivity (Wildman–Crippen MR) is 71.2 cm³/mol. The molecule has 2 N–H and O–H groups in total. The van der Waals surface area contributed by atoms with E-state index >= 15 is 0 Å². The van der Waals surface area contributed by atoms with E-state index in [0.29, 0.717) is 0 Å². The molecule has 0 spiro atoms. The Kier molecular flexibility index (Phi) is 5.88. The number of nitro benzene ring substituents is 1. The number of aromatic carboxylic acids is 1. The van der Waals surface area contributed by atoms with Crippen LogP contribution in [0.4, 0.5) is 11.4 Å². The normalized spacial score (nSPS) is 10.3. The molecular weight excluding hydrogens is 268 g/mol. The zero-order chi connectivity index (χ0) is 15.1. The second-order valence-corrected chi connectivity index (χ2v) is 3.94. The number of carbonyl (C=O) groups is 1. The maximum atomic E-state index is 11.2.